The molecule has 2 heterocycles. The van der Waals surface area contributed by atoms with Crippen molar-refractivity contribution >= 4 is 29.7 Å². The van der Waals surface area contributed by atoms with E-state index in [2.05, 4.69) is 25.8 Å². The maximum atomic E-state index is 13.6. The highest BCUT2D eigenvalue weighted by atomic mass is 19.1. The maximum absolute atomic E-state index is 13.6. The minimum Gasteiger partial charge on any atom is -0.441 e. The normalized spacial score (nSPS) is 11.8. The molecule has 146 valence electrons. The summed E-state index contributed by atoms with van der Waals surface area (Å²) in [6.45, 7) is 6.06. The van der Waals surface area contributed by atoms with Gasteiger partial charge in [0.25, 0.3) is 0 Å². The monoisotopic (exact) mass is 387 g/mol. The van der Waals surface area contributed by atoms with Crippen LogP contribution < -0.4 is 10.6 Å². The molecule has 3 rings (SSSR count). The van der Waals surface area contributed by atoms with Gasteiger partial charge in [-0.05, 0) is 18.2 Å². The Labute approximate surface area is 159 Å². The van der Waals surface area contributed by atoms with Crippen LogP contribution in [0.25, 0.3) is 12.2 Å². The molecule has 0 fully saturated rings. The van der Waals surface area contributed by atoms with Gasteiger partial charge in [0.1, 0.15) is 23.1 Å². The van der Waals surface area contributed by atoms with Gasteiger partial charge < -0.3 is 9.73 Å². The van der Waals surface area contributed by atoms with Crippen LogP contribution in [0.15, 0.2) is 34.9 Å². The summed E-state index contributed by atoms with van der Waals surface area (Å²) in [6, 6.07) is 4.02. The highest BCUT2D eigenvalue weighted by Crippen LogP contribution is 2.23. The summed E-state index contributed by atoms with van der Waals surface area (Å²) in [6.07, 6.45) is 5.00. The number of para-hydroxylation sites is 1. The molecule has 0 aliphatic rings. The number of oxazole rings is 1. The minimum atomic E-state index is -0.874. The second kappa shape index (κ2) is 7.63. The van der Waals surface area contributed by atoms with Crippen LogP contribution in [0.1, 0.15) is 38.1 Å². The van der Waals surface area contributed by atoms with E-state index in [9.17, 15) is 13.6 Å². The molecule has 28 heavy (non-hydrogen) atoms. The molecule has 0 saturated heterocycles. The number of urea groups is 1. The van der Waals surface area contributed by atoms with Crippen LogP contribution in [0, 0.1) is 11.6 Å². The smallest absolute Gasteiger partial charge is 0.325 e. The number of nitrogens with zero attached hydrogens (tertiary/aromatic N) is 2. The summed E-state index contributed by atoms with van der Waals surface area (Å²) in [5.41, 5.74) is -0.105. The number of carbonyl (C=O) groups excluding carboxylic acids is 1. The van der Waals surface area contributed by atoms with Crippen LogP contribution >= 0.6 is 0 Å². The lowest BCUT2D eigenvalue weighted by Crippen LogP contribution is -2.21. The van der Waals surface area contributed by atoms with Gasteiger partial charge in [0, 0.05) is 17.6 Å². The number of hydrogen-bond donors (Lipinski definition) is 3. The molecule has 0 atom stereocenters. The van der Waals surface area contributed by atoms with Gasteiger partial charge in [0.2, 0.25) is 5.89 Å². The van der Waals surface area contributed by atoms with Crippen LogP contribution in [0.2, 0.25) is 0 Å². The first-order valence-corrected chi connectivity index (χ1v) is 8.44. The van der Waals surface area contributed by atoms with Crippen molar-refractivity contribution in [2.24, 2.45) is 0 Å². The van der Waals surface area contributed by atoms with E-state index in [0.29, 0.717) is 11.6 Å². The molecule has 0 spiro atoms. The van der Waals surface area contributed by atoms with Crippen LogP contribution in [0.5, 0.6) is 0 Å². The maximum Gasteiger partial charge on any atom is 0.325 e. The third kappa shape index (κ3) is 4.61. The molecule has 2 aromatic heterocycles. The second-order valence-corrected chi connectivity index (χ2v) is 7.03. The summed E-state index contributed by atoms with van der Waals surface area (Å²) in [5.74, 6) is -0.377. The molecule has 0 saturated carbocycles. The van der Waals surface area contributed by atoms with Crippen molar-refractivity contribution in [3.8, 4) is 0 Å². The summed E-state index contributed by atoms with van der Waals surface area (Å²) >= 11 is 0. The zero-order chi connectivity index (χ0) is 20.3. The predicted octanol–water partition coefficient (Wildman–Crippen LogP) is 4.79. The van der Waals surface area contributed by atoms with Gasteiger partial charge in [-0.1, -0.05) is 26.8 Å². The number of aromatic nitrogens is 3. The third-order valence-corrected chi connectivity index (χ3v) is 3.71. The number of rotatable bonds is 4. The molecule has 3 aromatic rings. The lowest BCUT2D eigenvalue weighted by Gasteiger charge is -2.12. The SMILES string of the molecule is CC(C)(C)c1cnc(C=Cc2cc(NC(=O)Nc3c(F)cccc3F)n[nH]2)o1. The van der Waals surface area contributed by atoms with Crippen LogP contribution in [0.4, 0.5) is 25.1 Å². The number of benzene rings is 1. The predicted molar refractivity (Wildman–Crippen MR) is 102 cm³/mol. The summed E-state index contributed by atoms with van der Waals surface area (Å²) in [5, 5.41) is 11.1. The van der Waals surface area contributed by atoms with Crippen molar-refractivity contribution in [3.63, 3.8) is 0 Å². The molecule has 2 amide bonds. The average molecular weight is 387 g/mol. The fourth-order valence-corrected chi connectivity index (χ4v) is 2.24. The molecule has 0 radical (unpaired) electrons. The number of halogens is 2. The van der Waals surface area contributed by atoms with E-state index in [4.69, 9.17) is 4.42 Å². The van der Waals surface area contributed by atoms with E-state index in [1.807, 2.05) is 20.8 Å². The molecule has 0 unspecified atom stereocenters. The van der Waals surface area contributed by atoms with Crippen molar-refractivity contribution in [2.75, 3.05) is 10.6 Å². The average Bonchev–Trinajstić information content (AvgIpc) is 3.25. The standard InChI is InChI=1S/C19H19F2N5O2/c1-19(2,3)14-10-22-16(28-14)8-7-11-9-15(26-25-11)23-18(27)24-17-12(20)5-4-6-13(17)21/h4-10H,1-3H3,(H3,23,24,25,26,27). The number of anilines is 2. The van der Waals surface area contributed by atoms with Crippen molar-refractivity contribution < 1.29 is 18.0 Å². The Kier molecular flexibility index (Phi) is 5.25. The van der Waals surface area contributed by atoms with Gasteiger partial charge in [-0.15, -0.1) is 0 Å². The number of carbonyl (C=O) groups is 1. The zero-order valence-electron chi connectivity index (χ0n) is 15.5. The molecule has 7 nitrogen and oxygen atoms in total. The Balaban J connectivity index is 1.62. The Morgan fingerprint density at radius 3 is 2.54 bits per heavy atom. The van der Waals surface area contributed by atoms with Gasteiger partial charge in [-0.25, -0.2) is 18.6 Å². The molecule has 3 N–H and O–H groups in total. The van der Waals surface area contributed by atoms with Gasteiger partial charge >= 0.3 is 6.03 Å². The largest absolute Gasteiger partial charge is 0.441 e. The van der Waals surface area contributed by atoms with Crippen molar-refractivity contribution in [1.29, 1.82) is 0 Å². The fraction of sp³-hybridized carbons (Fsp3) is 0.211. The minimum absolute atomic E-state index is 0.144. The molecular weight excluding hydrogens is 368 g/mol. The van der Waals surface area contributed by atoms with Crippen molar-refractivity contribution in [2.45, 2.75) is 26.2 Å². The Morgan fingerprint density at radius 1 is 1.18 bits per heavy atom. The lowest BCUT2D eigenvalue weighted by molar-refractivity contribution is 0.262. The number of aromatic amines is 1. The molecular formula is C19H19F2N5O2. The Hall–Kier alpha value is -3.49. The lowest BCUT2D eigenvalue weighted by atomic mass is 9.94. The van der Waals surface area contributed by atoms with Crippen LogP contribution in [-0.4, -0.2) is 21.2 Å². The van der Waals surface area contributed by atoms with E-state index in [1.54, 1.807) is 24.4 Å². The van der Waals surface area contributed by atoms with E-state index < -0.39 is 23.4 Å². The first kappa shape index (κ1) is 19.3. The van der Waals surface area contributed by atoms with Gasteiger partial charge in [-0.2, -0.15) is 5.10 Å². The van der Waals surface area contributed by atoms with Gasteiger partial charge in [0.05, 0.1) is 11.9 Å². The van der Waals surface area contributed by atoms with Crippen LogP contribution in [0.3, 0.4) is 0 Å². The second-order valence-electron chi connectivity index (χ2n) is 7.03. The first-order chi connectivity index (χ1) is 13.2. The van der Waals surface area contributed by atoms with E-state index in [0.717, 1.165) is 17.9 Å². The number of nitrogens with one attached hydrogen (secondary N) is 3. The van der Waals surface area contributed by atoms with Gasteiger partial charge in [0.15, 0.2) is 5.82 Å². The van der Waals surface area contributed by atoms with Crippen LogP contribution in [-0.2, 0) is 5.41 Å². The molecule has 0 bridgehead atoms. The van der Waals surface area contributed by atoms with E-state index in [1.165, 1.54) is 6.07 Å². The number of H-pyrrole nitrogens is 1. The third-order valence-electron chi connectivity index (χ3n) is 3.71. The molecule has 9 heteroatoms. The van der Waals surface area contributed by atoms with E-state index >= 15 is 0 Å². The van der Waals surface area contributed by atoms with E-state index in [-0.39, 0.29) is 11.2 Å². The highest BCUT2D eigenvalue weighted by Gasteiger charge is 2.18. The summed E-state index contributed by atoms with van der Waals surface area (Å²) in [4.78, 5) is 16.1. The molecule has 0 aliphatic heterocycles. The highest BCUT2D eigenvalue weighted by molar-refractivity contribution is 5.99. The number of amides is 2. The first-order valence-electron chi connectivity index (χ1n) is 8.44. The molecule has 0 aliphatic carbocycles. The quantitative estimate of drug-likeness (QED) is 0.600. The number of hydrogen-bond acceptors (Lipinski definition) is 4. The van der Waals surface area contributed by atoms with Crippen molar-refractivity contribution in [1.82, 2.24) is 15.2 Å². The Morgan fingerprint density at radius 2 is 1.89 bits per heavy atom. The summed E-state index contributed by atoms with van der Waals surface area (Å²) < 4.78 is 32.8. The van der Waals surface area contributed by atoms with Gasteiger partial charge in [-0.3, -0.25) is 10.4 Å². The topological polar surface area (TPSA) is 95.8 Å². The summed E-state index contributed by atoms with van der Waals surface area (Å²) in [7, 11) is 0. The fourth-order valence-electron chi connectivity index (χ4n) is 2.24. The zero-order valence-corrected chi connectivity index (χ0v) is 15.5. The Bertz CT molecular complexity index is 997. The van der Waals surface area contributed by atoms with Crippen molar-refractivity contribution in [3.05, 3.63) is 59.4 Å². The molecule has 1 aromatic carbocycles.